The van der Waals surface area contributed by atoms with E-state index in [-0.39, 0.29) is 6.10 Å². The molecule has 5 heteroatoms. The summed E-state index contributed by atoms with van der Waals surface area (Å²) in [6.45, 7) is 2.23. The monoisotopic (exact) mass is 167 g/mol. The van der Waals surface area contributed by atoms with Crippen LogP contribution in [-0.2, 0) is 15.6 Å². The van der Waals surface area contributed by atoms with Gasteiger partial charge in [0.2, 0.25) is 10.9 Å². The first kappa shape index (κ1) is 9.87. The molecule has 0 aliphatic carbocycles. The Bertz CT molecular complexity index is 149. The van der Waals surface area contributed by atoms with Gasteiger partial charge < -0.3 is 4.74 Å². The number of likely N-dealkylation sites (N-methyl/N-ethyl adjacent to an activating group) is 1. The van der Waals surface area contributed by atoms with E-state index in [2.05, 4.69) is 0 Å². The number of methoxy groups -OCH3 is 1. The first-order chi connectivity index (χ1) is 4.57. The van der Waals surface area contributed by atoms with Crippen molar-refractivity contribution in [3.05, 3.63) is 0 Å². The van der Waals surface area contributed by atoms with Crippen LogP contribution >= 0.6 is 0 Å². The summed E-state index contributed by atoms with van der Waals surface area (Å²) in [7, 11) is 0.620. The second-order valence-electron chi connectivity index (χ2n) is 2.12. The fourth-order valence-electron chi connectivity index (χ4n) is 0.513. The minimum absolute atomic E-state index is 0.0436. The quantitative estimate of drug-likeness (QED) is 0.573. The van der Waals surface area contributed by atoms with Crippen LogP contribution in [0.15, 0.2) is 0 Å². The van der Waals surface area contributed by atoms with Gasteiger partial charge in [0.15, 0.2) is 0 Å². The van der Waals surface area contributed by atoms with Gasteiger partial charge in [-0.15, -0.1) is 0 Å². The van der Waals surface area contributed by atoms with Crippen molar-refractivity contribution in [2.45, 2.75) is 13.0 Å². The van der Waals surface area contributed by atoms with Crippen LogP contribution < -0.4 is 0 Å². The maximum atomic E-state index is 10.3. The fourth-order valence-corrected chi connectivity index (χ4v) is 0.877. The first-order valence-corrected chi connectivity index (χ1v) is 4.09. The molecule has 0 aromatic rings. The van der Waals surface area contributed by atoms with Crippen molar-refractivity contribution in [1.29, 1.82) is 0 Å². The van der Waals surface area contributed by atoms with Crippen molar-refractivity contribution in [2.24, 2.45) is 0 Å². The molecule has 4 nitrogen and oxygen atoms in total. The van der Waals surface area contributed by atoms with Crippen LogP contribution in [-0.4, -0.2) is 39.5 Å². The van der Waals surface area contributed by atoms with Crippen molar-refractivity contribution in [2.75, 3.05) is 20.7 Å². The van der Waals surface area contributed by atoms with Crippen molar-refractivity contribution in [3.63, 3.8) is 0 Å². The molecular weight excluding hydrogens is 154 g/mol. The molecule has 0 rings (SSSR count). The molecule has 0 aromatic carbocycles. The third-order valence-electron chi connectivity index (χ3n) is 1.20. The maximum Gasteiger partial charge on any atom is 0.203 e. The van der Waals surface area contributed by atoms with E-state index in [9.17, 15) is 8.42 Å². The summed E-state index contributed by atoms with van der Waals surface area (Å²) in [4.78, 5) is 0. The van der Waals surface area contributed by atoms with Crippen LogP contribution in [0.5, 0.6) is 0 Å². The highest BCUT2D eigenvalue weighted by Gasteiger charge is 2.04. The lowest BCUT2D eigenvalue weighted by molar-refractivity contribution is 0.105. The van der Waals surface area contributed by atoms with Gasteiger partial charge in [0.1, 0.15) is 0 Å². The number of rotatable bonds is 4. The van der Waals surface area contributed by atoms with Crippen LogP contribution in [0.25, 0.3) is 0 Å². The molecule has 0 saturated heterocycles. The molecular formula is C5H13NO3S. The largest absolute Gasteiger partial charge is 0.380 e. The van der Waals surface area contributed by atoms with E-state index >= 15 is 0 Å². The zero-order valence-electron chi connectivity index (χ0n) is 6.40. The SMILES string of the molecule is CO[C@@H](C)CN(C)[SH](=O)=O. The number of hydrogen-bond acceptors (Lipinski definition) is 3. The molecule has 0 fully saturated rings. The van der Waals surface area contributed by atoms with Crippen LogP contribution in [0.1, 0.15) is 6.92 Å². The highest BCUT2D eigenvalue weighted by molar-refractivity contribution is 7.69. The zero-order chi connectivity index (χ0) is 8.15. The highest BCUT2D eigenvalue weighted by atomic mass is 32.2. The first-order valence-electron chi connectivity index (χ1n) is 2.96. The molecule has 0 aromatic heterocycles. The average Bonchev–Trinajstić information content (AvgIpc) is 1.87. The number of hydrogen-bond donors (Lipinski definition) is 1. The van der Waals surface area contributed by atoms with E-state index in [1.165, 1.54) is 11.4 Å². The van der Waals surface area contributed by atoms with Gasteiger partial charge in [0.25, 0.3) is 0 Å². The van der Waals surface area contributed by atoms with Gasteiger partial charge in [-0.3, -0.25) is 0 Å². The maximum absolute atomic E-state index is 10.3. The van der Waals surface area contributed by atoms with Crippen LogP contribution in [0.3, 0.4) is 0 Å². The second kappa shape index (κ2) is 4.65. The lowest BCUT2D eigenvalue weighted by Crippen LogP contribution is -2.27. The van der Waals surface area contributed by atoms with E-state index in [1.54, 1.807) is 7.11 Å². The van der Waals surface area contributed by atoms with Crippen LogP contribution in [0.2, 0.25) is 0 Å². The van der Waals surface area contributed by atoms with Gasteiger partial charge in [-0.25, -0.2) is 12.7 Å². The lowest BCUT2D eigenvalue weighted by atomic mass is 10.4. The molecule has 0 N–H and O–H groups in total. The van der Waals surface area contributed by atoms with Gasteiger partial charge in [-0.05, 0) is 6.92 Å². The summed E-state index contributed by atoms with van der Waals surface area (Å²) in [5, 5.41) is 0. The van der Waals surface area contributed by atoms with E-state index < -0.39 is 10.9 Å². The summed E-state index contributed by atoms with van der Waals surface area (Å²) in [5.74, 6) is 0. The summed E-state index contributed by atoms with van der Waals surface area (Å²) < 4.78 is 26.6. The lowest BCUT2D eigenvalue weighted by Gasteiger charge is -2.13. The molecule has 0 bridgehead atoms. The van der Waals surface area contributed by atoms with Gasteiger partial charge in [0.05, 0.1) is 6.10 Å². The van der Waals surface area contributed by atoms with E-state index in [0.717, 1.165) is 0 Å². The summed E-state index contributed by atoms with van der Waals surface area (Å²) in [6, 6.07) is 0. The normalized spacial score (nSPS) is 14.5. The molecule has 0 aliphatic rings. The molecule has 0 unspecified atom stereocenters. The Hall–Kier alpha value is -0.130. The summed E-state index contributed by atoms with van der Waals surface area (Å²) >= 11 is 0. The van der Waals surface area contributed by atoms with E-state index in [1.807, 2.05) is 6.92 Å². The third kappa shape index (κ3) is 3.81. The smallest absolute Gasteiger partial charge is 0.203 e. The van der Waals surface area contributed by atoms with Crippen LogP contribution in [0.4, 0.5) is 0 Å². The van der Waals surface area contributed by atoms with Crippen molar-refractivity contribution in [1.82, 2.24) is 4.31 Å². The average molecular weight is 167 g/mol. The highest BCUT2D eigenvalue weighted by Crippen LogP contribution is 1.90. The summed E-state index contributed by atoms with van der Waals surface area (Å²) in [6.07, 6.45) is -0.0436. The Labute approximate surface area is 62.9 Å². The van der Waals surface area contributed by atoms with Crippen molar-refractivity contribution >= 4 is 10.9 Å². The number of ether oxygens (including phenoxy) is 1. The molecule has 0 heterocycles. The van der Waals surface area contributed by atoms with E-state index in [0.29, 0.717) is 6.54 Å². The predicted molar refractivity (Wildman–Crippen MR) is 39.4 cm³/mol. The molecule has 0 radical (unpaired) electrons. The second-order valence-corrected chi connectivity index (χ2v) is 3.28. The van der Waals surface area contributed by atoms with Gasteiger partial charge in [-0.1, -0.05) is 0 Å². The minimum atomic E-state index is -2.45. The standard InChI is InChI=1S/C5H13NO3S/c1-5(9-3)4-6(2)10(7)8/h5,10H,4H2,1-3H3/t5-/m0/s1. The number of nitrogens with zero attached hydrogens (tertiary/aromatic N) is 1. The predicted octanol–water partition coefficient (Wildman–Crippen LogP) is -0.520. The van der Waals surface area contributed by atoms with Gasteiger partial charge in [-0.2, -0.15) is 0 Å². The minimum Gasteiger partial charge on any atom is -0.380 e. The number of thiol groups is 1. The molecule has 0 spiro atoms. The van der Waals surface area contributed by atoms with Crippen molar-refractivity contribution < 1.29 is 13.2 Å². The molecule has 0 aliphatic heterocycles. The molecule has 1 atom stereocenters. The Kier molecular flexibility index (Phi) is 4.59. The van der Waals surface area contributed by atoms with E-state index in [4.69, 9.17) is 4.74 Å². The molecule has 0 saturated carbocycles. The fraction of sp³-hybridized carbons (Fsp3) is 1.00. The molecule has 0 amide bonds. The Morgan fingerprint density at radius 1 is 1.60 bits per heavy atom. The molecule has 62 valence electrons. The van der Waals surface area contributed by atoms with Gasteiger partial charge in [0, 0.05) is 20.7 Å². The van der Waals surface area contributed by atoms with Crippen LogP contribution in [0, 0.1) is 0 Å². The molecule has 10 heavy (non-hydrogen) atoms. The Morgan fingerprint density at radius 3 is 2.40 bits per heavy atom. The van der Waals surface area contributed by atoms with Gasteiger partial charge >= 0.3 is 0 Å². The topological polar surface area (TPSA) is 46.6 Å². The zero-order valence-corrected chi connectivity index (χ0v) is 7.30. The van der Waals surface area contributed by atoms with Crippen molar-refractivity contribution in [3.8, 4) is 0 Å². The third-order valence-corrected chi connectivity index (χ3v) is 1.92. The summed E-state index contributed by atoms with van der Waals surface area (Å²) in [5.41, 5.74) is 0. The Morgan fingerprint density at radius 2 is 2.10 bits per heavy atom. The Balaban J connectivity index is 3.67.